The highest BCUT2D eigenvalue weighted by atomic mass is 16.1. The van der Waals surface area contributed by atoms with Gasteiger partial charge in [-0.25, -0.2) is 15.8 Å². The number of hydrazine groups is 1. The molecular weight excluding hydrogens is 220 g/mol. The maximum Gasteiger partial charge on any atom is 0.239 e. The Morgan fingerprint density at radius 3 is 2.65 bits per heavy atom. The molecule has 1 amide bonds. The summed E-state index contributed by atoms with van der Waals surface area (Å²) >= 11 is 0. The first-order valence-electron chi connectivity index (χ1n) is 5.54. The number of amides is 1. The fourth-order valence-corrected chi connectivity index (χ4v) is 1.25. The first-order chi connectivity index (χ1) is 8.19. The minimum atomic E-state index is -0.0774. The largest absolute Gasteiger partial charge is 0.361 e. The fourth-order valence-electron chi connectivity index (χ4n) is 1.25. The highest BCUT2D eigenvalue weighted by molar-refractivity contribution is 5.80. The number of rotatable bonds is 6. The molecule has 7 nitrogen and oxygen atoms in total. The van der Waals surface area contributed by atoms with Gasteiger partial charge in [0.2, 0.25) is 5.91 Å². The van der Waals surface area contributed by atoms with Crippen LogP contribution in [0.3, 0.4) is 0 Å². The number of nitrogens with two attached hydrogens (primary N) is 1. The van der Waals surface area contributed by atoms with E-state index in [9.17, 15) is 4.79 Å². The Bertz CT molecular complexity index is 359. The van der Waals surface area contributed by atoms with Crippen LogP contribution in [0.4, 0.5) is 11.6 Å². The van der Waals surface area contributed by atoms with Gasteiger partial charge in [0.05, 0.1) is 6.54 Å². The Kier molecular flexibility index (Phi) is 5.15. The standard InChI is InChI=1S/C10H18N6O/c1-3-7-14-8(5-9(15-7)16-11)13-6-10(17)12-4-2/h5H,3-4,6,11H2,1-2H3,(H,12,17)(H2,13,14,15,16). The highest BCUT2D eigenvalue weighted by Crippen LogP contribution is 2.10. The van der Waals surface area contributed by atoms with Gasteiger partial charge in [0, 0.05) is 19.0 Å². The number of likely N-dealkylation sites (N-methyl/N-ethyl adjacent to an activating group) is 1. The van der Waals surface area contributed by atoms with E-state index in [2.05, 4.69) is 26.0 Å². The Hall–Kier alpha value is -1.89. The van der Waals surface area contributed by atoms with Crippen molar-refractivity contribution in [3.8, 4) is 0 Å². The average Bonchev–Trinajstić information content (AvgIpc) is 2.36. The fraction of sp³-hybridized carbons (Fsp3) is 0.500. The normalized spacial score (nSPS) is 9.82. The Balaban J connectivity index is 2.66. The molecule has 0 aromatic carbocycles. The molecule has 0 aliphatic rings. The number of carbonyl (C=O) groups is 1. The summed E-state index contributed by atoms with van der Waals surface area (Å²) in [5.41, 5.74) is 2.46. The third kappa shape index (κ3) is 4.23. The number of hydrogen-bond donors (Lipinski definition) is 4. The van der Waals surface area contributed by atoms with Gasteiger partial charge in [0.15, 0.2) is 0 Å². The van der Waals surface area contributed by atoms with Crippen molar-refractivity contribution in [2.75, 3.05) is 23.8 Å². The van der Waals surface area contributed by atoms with Crippen LogP contribution in [0.25, 0.3) is 0 Å². The average molecular weight is 238 g/mol. The number of nitrogens with one attached hydrogen (secondary N) is 3. The summed E-state index contributed by atoms with van der Waals surface area (Å²) in [4.78, 5) is 19.6. The lowest BCUT2D eigenvalue weighted by Gasteiger charge is -2.08. The van der Waals surface area contributed by atoms with Crippen LogP contribution in [0.2, 0.25) is 0 Å². The predicted molar refractivity (Wildman–Crippen MR) is 66.4 cm³/mol. The minimum absolute atomic E-state index is 0.0774. The number of aromatic nitrogens is 2. The lowest BCUT2D eigenvalue weighted by atomic mass is 10.4. The van der Waals surface area contributed by atoms with Crippen LogP contribution in [0.1, 0.15) is 19.7 Å². The topological polar surface area (TPSA) is 105 Å². The molecule has 0 unspecified atom stereocenters. The van der Waals surface area contributed by atoms with Gasteiger partial charge in [-0.05, 0) is 6.92 Å². The molecule has 1 aromatic rings. The molecule has 0 fully saturated rings. The number of nitrogens with zero attached hydrogens (tertiary/aromatic N) is 2. The summed E-state index contributed by atoms with van der Waals surface area (Å²) in [6.45, 7) is 4.61. The van der Waals surface area contributed by atoms with Crippen LogP contribution in [-0.2, 0) is 11.2 Å². The monoisotopic (exact) mass is 238 g/mol. The Morgan fingerprint density at radius 2 is 2.06 bits per heavy atom. The SMILES string of the molecule is CCNC(=O)CNc1cc(NN)nc(CC)n1. The third-order valence-electron chi connectivity index (χ3n) is 2.04. The van der Waals surface area contributed by atoms with E-state index in [4.69, 9.17) is 5.84 Å². The molecule has 0 atom stereocenters. The smallest absolute Gasteiger partial charge is 0.239 e. The maximum atomic E-state index is 11.3. The van der Waals surface area contributed by atoms with Gasteiger partial charge in [0.25, 0.3) is 0 Å². The van der Waals surface area contributed by atoms with E-state index in [1.54, 1.807) is 6.07 Å². The van der Waals surface area contributed by atoms with E-state index in [1.165, 1.54) is 0 Å². The molecule has 1 rings (SSSR count). The molecule has 0 bridgehead atoms. The summed E-state index contributed by atoms with van der Waals surface area (Å²) < 4.78 is 0. The van der Waals surface area contributed by atoms with Gasteiger partial charge < -0.3 is 16.1 Å². The molecule has 0 saturated carbocycles. The molecule has 0 saturated heterocycles. The van der Waals surface area contributed by atoms with Gasteiger partial charge in [-0.2, -0.15) is 0 Å². The van der Waals surface area contributed by atoms with Gasteiger partial charge in [-0.15, -0.1) is 0 Å². The molecule has 0 spiro atoms. The summed E-state index contributed by atoms with van der Waals surface area (Å²) in [7, 11) is 0. The molecule has 94 valence electrons. The van der Waals surface area contributed by atoms with Crippen molar-refractivity contribution < 1.29 is 4.79 Å². The number of carbonyl (C=O) groups excluding carboxylic acids is 1. The second-order valence-electron chi connectivity index (χ2n) is 3.36. The zero-order chi connectivity index (χ0) is 12.7. The lowest BCUT2D eigenvalue weighted by molar-refractivity contribution is -0.119. The molecule has 0 aliphatic carbocycles. The Labute approximate surface area is 100 Å². The third-order valence-corrected chi connectivity index (χ3v) is 2.04. The van der Waals surface area contributed by atoms with Crippen LogP contribution in [-0.4, -0.2) is 29.0 Å². The van der Waals surface area contributed by atoms with Crippen molar-refractivity contribution in [3.63, 3.8) is 0 Å². The van der Waals surface area contributed by atoms with Crippen LogP contribution < -0.4 is 21.9 Å². The second-order valence-corrected chi connectivity index (χ2v) is 3.36. The van der Waals surface area contributed by atoms with E-state index < -0.39 is 0 Å². The van der Waals surface area contributed by atoms with Crippen molar-refractivity contribution in [1.82, 2.24) is 15.3 Å². The van der Waals surface area contributed by atoms with E-state index in [0.717, 1.165) is 0 Å². The molecule has 17 heavy (non-hydrogen) atoms. The van der Waals surface area contributed by atoms with Crippen molar-refractivity contribution in [2.24, 2.45) is 5.84 Å². The molecule has 0 radical (unpaired) electrons. The maximum absolute atomic E-state index is 11.3. The molecule has 1 heterocycles. The van der Waals surface area contributed by atoms with Crippen LogP contribution in [0.5, 0.6) is 0 Å². The quantitative estimate of drug-likeness (QED) is 0.406. The lowest BCUT2D eigenvalue weighted by Crippen LogP contribution is -2.29. The summed E-state index contributed by atoms with van der Waals surface area (Å²) in [5.74, 6) is 6.99. The van der Waals surface area contributed by atoms with E-state index >= 15 is 0 Å². The molecule has 7 heteroatoms. The van der Waals surface area contributed by atoms with Gasteiger partial charge >= 0.3 is 0 Å². The summed E-state index contributed by atoms with van der Waals surface area (Å²) in [6.07, 6.45) is 0.700. The van der Waals surface area contributed by atoms with Crippen molar-refractivity contribution in [1.29, 1.82) is 0 Å². The predicted octanol–water partition coefficient (Wildman–Crippen LogP) is -0.127. The molecule has 1 aromatic heterocycles. The highest BCUT2D eigenvalue weighted by Gasteiger charge is 2.04. The zero-order valence-electron chi connectivity index (χ0n) is 10.1. The molecule has 5 N–H and O–H groups in total. The number of nitrogen functional groups attached to an aromatic ring is 1. The molecule has 0 aliphatic heterocycles. The minimum Gasteiger partial charge on any atom is -0.361 e. The van der Waals surface area contributed by atoms with E-state index in [1.807, 2.05) is 13.8 Å². The zero-order valence-corrected chi connectivity index (χ0v) is 10.1. The number of hydrogen-bond acceptors (Lipinski definition) is 6. The van der Waals surface area contributed by atoms with Gasteiger partial charge in [0.1, 0.15) is 17.5 Å². The van der Waals surface area contributed by atoms with Crippen LogP contribution >= 0.6 is 0 Å². The number of aryl methyl sites for hydroxylation is 1. The van der Waals surface area contributed by atoms with Crippen molar-refractivity contribution >= 4 is 17.5 Å². The first kappa shape index (κ1) is 13.2. The van der Waals surface area contributed by atoms with E-state index in [-0.39, 0.29) is 12.5 Å². The van der Waals surface area contributed by atoms with Gasteiger partial charge in [-0.1, -0.05) is 6.92 Å². The molecular formula is C10H18N6O. The Morgan fingerprint density at radius 1 is 1.35 bits per heavy atom. The van der Waals surface area contributed by atoms with Gasteiger partial charge in [-0.3, -0.25) is 4.79 Å². The van der Waals surface area contributed by atoms with Crippen molar-refractivity contribution in [3.05, 3.63) is 11.9 Å². The van der Waals surface area contributed by atoms with Crippen molar-refractivity contribution in [2.45, 2.75) is 20.3 Å². The van der Waals surface area contributed by atoms with Crippen LogP contribution in [0, 0.1) is 0 Å². The van der Waals surface area contributed by atoms with Crippen LogP contribution in [0.15, 0.2) is 6.07 Å². The van der Waals surface area contributed by atoms with E-state index in [0.29, 0.717) is 30.4 Å². The second kappa shape index (κ2) is 6.64. The number of anilines is 2. The summed E-state index contributed by atoms with van der Waals surface area (Å²) in [5, 5.41) is 5.61. The summed E-state index contributed by atoms with van der Waals surface area (Å²) in [6, 6.07) is 1.65. The first-order valence-corrected chi connectivity index (χ1v) is 5.54.